The number of carbonyl (C=O) groups is 1. The first-order valence-corrected chi connectivity index (χ1v) is 7.75. The number of H-pyrrole nitrogens is 1. The highest BCUT2D eigenvalue weighted by Gasteiger charge is 2.37. The van der Waals surface area contributed by atoms with E-state index in [1.807, 2.05) is 6.07 Å². The van der Waals surface area contributed by atoms with Crippen LogP contribution in [0.2, 0.25) is 0 Å². The molecule has 2 bridgehead atoms. The molecule has 1 amide bonds. The van der Waals surface area contributed by atoms with Crippen molar-refractivity contribution >= 4 is 5.91 Å². The average molecular weight is 274 g/mol. The molecule has 1 N–H and O–H groups in total. The van der Waals surface area contributed by atoms with Gasteiger partial charge in [-0.1, -0.05) is 0 Å². The van der Waals surface area contributed by atoms with Crippen molar-refractivity contribution in [3.8, 4) is 0 Å². The topological polar surface area (TPSA) is 52.2 Å². The first-order valence-electron chi connectivity index (χ1n) is 7.75. The molecule has 5 heteroatoms. The molecule has 5 nitrogen and oxygen atoms in total. The van der Waals surface area contributed by atoms with E-state index in [9.17, 15) is 4.79 Å². The Morgan fingerprint density at radius 1 is 1.25 bits per heavy atom. The number of nitrogens with one attached hydrogen (secondary N) is 1. The van der Waals surface area contributed by atoms with E-state index in [0.29, 0.717) is 23.6 Å². The van der Waals surface area contributed by atoms with E-state index in [1.54, 1.807) is 0 Å². The number of rotatable bonds is 2. The number of nitrogens with zero attached hydrogens (tertiary/aromatic N) is 3. The maximum atomic E-state index is 12.7. The van der Waals surface area contributed by atoms with E-state index in [2.05, 4.69) is 27.0 Å². The van der Waals surface area contributed by atoms with Crippen molar-refractivity contribution in [2.75, 3.05) is 26.7 Å². The van der Waals surface area contributed by atoms with Crippen molar-refractivity contribution in [2.45, 2.75) is 37.6 Å². The average Bonchev–Trinajstić information content (AvgIpc) is 3.22. The normalized spacial score (nSPS) is 30.6. The van der Waals surface area contributed by atoms with Crippen molar-refractivity contribution < 1.29 is 4.79 Å². The van der Waals surface area contributed by atoms with E-state index < -0.39 is 0 Å². The van der Waals surface area contributed by atoms with Crippen LogP contribution >= 0.6 is 0 Å². The first kappa shape index (κ1) is 12.4. The van der Waals surface area contributed by atoms with E-state index in [0.717, 1.165) is 31.7 Å². The Bertz CT molecular complexity index is 522. The lowest BCUT2D eigenvalue weighted by molar-refractivity contribution is 0.0581. The predicted molar refractivity (Wildman–Crippen MR) is 75.6 cm³/mol. The number of aromatic nitrogens is 2. The van der Waals surface area contributed by atoms with Crippen molar-refractivity contribution in [1.29, 1.82) is 0 Å². The molecule has 4 heterocycles. The van der Waals surface area contributed by atoms with Gasteiger partial charge in [-0.2, -0.15) is 5.10 Å². The van der Waals surface area contributed by atoms with Gasteiger partial charge in [0, 0.05) is 37.3 Å². The SMILES string of the molecule is CN1C[C@H]2CC[C@@H](C1)N(C(=O)c1cc(C3CC3)[nH]n1)C2. The van der Waals surface area contributed by atoms with E-state index in [-0.39, 0.29) is 5.91 Å². The highest BCUT2D eigenvalue weighted by atomic mass is 16.2. The van der Waals surface area contributed by atoms with E-state index in [4.69, 9.17) is 0 Å². The first-order chi connectivity index (χ1) is 9.70. The number of piperidine rings is 1. The summed E-state index contributed by atoms with van der Waals surface area (Å²) < 4.78 is 0. The summed E-state index contributed by atoms with van der Waals surface area (Å²) in [5, 5.41) is 7.30. The highest BCUT2D eigenvalue weighted by molar-refractivity contribution is 5.92. The van der Waals surface area contributed by atoms with Gasteiger partial charge in [0.1, 0.15) is 5.69 Å². The fraction of sp³-hybridized carbons (Fsp3) is 0.733. The Morgan fingerprint density at radius 2 is 2.10 bits per heavy atom. The second kappa shape index (κ2) is 4.58. The minimum absolute atomic E-state index is 0.123. The van der Waals surface area contributed by atoms with Crippen LogP contribution in [-0.2, 0) is 0 Å². The molecule has 3 aliphatic heterocycles. The Balaban J connectivity index is 1.55. The molecule has 1 saturated carbocycles. The molecule has 108 valence electrons. The maximum Gasteiger partial charge on any atom is 0.274 e. The number of carbonyl (C=O) groups excluding carboxylic acids is 1. The van der Waals surface area contributed by atoms with Crippen molar-refractivity contribution in [3.05, 3.63) is 17.5 Å². The second-order valence-electron chi connectivity index (χ2n) is 6.76. The molecule has 1 aromatic heterocycles. The van der Waals surface area contributed by atoms with Gasteiger partial charge in [-0.05, 0) is 44.7 Å². The lowest BCUT2D eigenvalue weighted by Gasteiger charge is -2.35. The molecule has 5 rings (SSSR count). The van der Waals surface area contributed by atoms with Gasteiger partial charge in [0.25, 0.3) is 5.91 Å². The number of likely N-dealkylation sites (N-methyl/N-ethyl adjacent to an activating group) is 1. The molecule has 4 fully saturated rings. The molecule has 0 aromatic carbocycles. The summed E-state index contributed by atoms with van der Waals surface area (Å²) in [5.41, 5.74) is 1.76. The number of fused-ring (bicyclic) bond motifs is 4. The van der Waals surface area contributed by atoms with Gasteiger partial charge >= 0.3 is 0 Å². The molecule has 20 heavy (non-hydrogen) atoms. The highest BCUT2D eigenvalue weighted by Crippen LogP contribution is 2.39. The van der Waals surface area contributed by atoms with Gasteiger partial charge in [-0.3, -0.25) is 9.89 Å². The zero-order valence-corrected chi connectivity index (χ0v) is 12.0. The molecule has 3 saturated heterocycles. The standard InChI is InChI=1S/C15H22N4O/c1-18-7-10-2-5-12(9-18)19(8-10)15(20)14-6-13(16-17-14)11-3-4-11/h6,10-12H,2-5,7-9H2,1H3,(H,16,17)/t10-,12+/m1/s1. The van der Waals surface area contributed by atoms with Gasteiger partial charge in [-0.25, -0.2) is 0 Å². The van der Waals surface area contributed by atoms with Crippen molar-refractivity contribution in [2.24, 2.45) is 5.92 Å². The predicted octanol–water partition coefficient (Wildman–Crippen LogP) is 1.45. The third kappa shape index (κ3) is 2.14. The molecule has 0 radical (unpaired) electrons. The lowest BCUT2D eigenvalue weighted by Crippen LogP contribution is -2.47. The fourth-order valence-electron chi connectivity index (χ4n) is 3.76. The molecule has 0 spiro atoms. The zero-order valence-electron chi connectivity index (χ0n) is 12.0. The smallest absolute Gasteiger partial charge is 0.274 e. The molecular weight excluding hydrogens is 252 g/mol. The second-order valence-corrected chi connectivity index (χ2v) is 6.76. The number of aromatic amines is 1. The summed E-state index contributed by atoms with van der Waals surface area (Å²) in [5.74, 6) is 1.37. The van der Waals surface area contributed by atoms with Crippen LogP contribution in [-0.4, -0.2) is 58.6 Å². The zero-order chi connectivity index (χ0) is 13.7. The van der Waals surface area contributed by atoms with Crippen LogP contribution in [0.3, 0.4) is 0 Å². The van der Waals surface area contributed by atoms with Gasteiger partial charge in [0.15, 0.2) is 0 Å². The van der Waals surface area contributed by atoms with E-state index in [1.165, 1.54) is 19.3 Å². The van der Waals surface area contributed by atoms with Gasteiger partial charge in [0.2, 0.25) is 0 Å². The van der Waals surface area contributed by atoms with Gasteiger partial charge < -0.3 is 9.80 Å². The van der Waals surface area contributed by atoms with Gasteiger partial charge in [-0.15, -0.1) is 0 Å². The maximum absolute atomic E-state index is 12.7. The van der Waals surface area contributed by atoms with Gasteiger partial charge in [0.05, 0.1) is 0 Å². The Kier molecular flexibility index (Phi) is 2.84. The summed E-state index contributed by atoms with van der Waals surface area (Å²) in [6, 6.07) is 2.34. The fourth-order valence-corrected chi connectivity index (χ4v) is 3.76. The summed E-state index contributed by atoms with van der Waals surface area (Å²) in [6.07, 6.45) is 4.86. The summed E-state index contributed by atoms with van der Waals surface area (Å²) in [7, 11) is 2.17. The number of amides is 1. The largest absolute Gasteiger partial charge is 0.333 e. The van der Waals surface area contributed by atoms with Crippen LogP contribution in [0.5, 0.6) is 0 Å². The molecule has 0 unspecified atom stereocenters. The summed E-state index contributed by atoms with van der Waals surface area (Å²) in [4.78, 5) is 17.2. The number of hydrogen-bond acceptors (Lipinski definition) is 3. The van der Waals surface area contributed by atoms with Crippen LogP contribution in [0.15, 0.2) is 6.07 Å². The third-order valence-electron chi connectivity index (χ3n) is 4.99. The van der Waals surface area contributed by atoms with Crippen LogP contribution in [0.25, 0.3) is 0 Å². The Labute approximate surface area is 119 Å². The minimum atomic E-state index is 0.123. The van der Waals surface area contributed by atoms with Crippen LogP contribution in [0.4, 0.5) is 0 Å². The summed E-state index contributed by atoms with van der Waals surface area (Å²) >= 11 is 0. The van der Waals surface area contributed by atoms with Crippen molar-refractivity contribution in [3.63, 3.8) is 0 Å². The molecule has 2 atom stereocenters. The number of hydrogen-bond donors (Lipinski definition) is 1. The third-order valence-corrected chi connectivity index (χ3v) is 4.99. The molecule has 1 aliphatic carbocycles. The van der Waals surface area contributed by atoms with E-state index >= 15 is 0 Å². The van der Waals surface area contributed by atoms with Crippen LogP contribution < -0.4 is 0 Å². The quantitative estimate of drug-likeness (QED) is 0.888. The molecular formula is C15H22N4O. The molecule has 4 aliphatic rings. The Hall–Kier alpha value is -1.36. The Morgan fingerprint density at radius 3 is 2.90 bits per heavy atom. The minimum Gasteiger partial charge on any atom is -0.333 e. The van der Waals surface area contributed by atoms with Crippen molar-refractivity contribution in [1.82, 2.24) is 20.0 Å². The lowest BCUT2D eigenvalue weighted by atomic mass is 9.94. The van der Waals surface area contributed by atoms with Crippen LogP contribution in [0.1, 0.15) is 47.8 Å². The van der Waals surface area contributed by atoms with Crippen LogP contribution in [0, 0.1) is 5.92 Å². The monoisotopic (exact) mass is 274 g/mol. The summed E-state index contributed by atoms with van der Waals surface area (Å²) in [6.45, 7) is 3.02. The molecule has 1 aromatic rings.